The van der Waals surface area contributed by atoms with Crippen molar-refractivity contribution in [3.8, 4) is 28.4 Å². The lowest BCUT2D eigenvalue weighted by atomic mass is 10.0. The van der Waals surface area contributed by atoms with E-state index in [1.807, 2.05) is 92.8 Å². The van der Waals surface area contributed by atoms with Gasteiger partial charge in [-0.2, -0.15) is 19.7 Å². The zero-order valence-electron chi connectivity index (χ0n) is 23.3. The number of aromatic nitrogens is 5. The number of rotatable bonds is 8. The summed E-state index contributed by atoms with van der Waals surface area (Å²) >= 11 is 1.12. The zero-order chi connectivity index (χ0) is 29.2. The Morgan fingerprint density at radius 3 is 2.48 bits per heavy atom. The second kappa shape index (κ2) is 11.4. The van der Waals surface area contributed by atoms with Crippen LogP contribution in [-0.4, -0.2) is 38.1 Å². The van der Waals surface area contributed by atoms with Crippen LogP contribution in [0.3, 0.4) is 0 Å². The number of fused-ring (bicyclic) bond motifs is 1. The van der Waals surface area contributed by atoms with Crippen molar-refractivity contribution in [3.63, 3.8) is 0 Å². The summed E-state index contributed by atoms with van der Waals surface area (Å²) in [5.41, 5.74) is 4.46. The minimum Gasteiger partial charge on any atom is -0.497 e. The summed E-state index contributed by atoms with van der Waals surface area (Å²) in [5.74, 6) is 1.53. The van der Waals surface area contributed by atoms with Crippen molar-refractivity contribution >= 4 is 22.4 Å². The molecular weight excluding hydrogens is 550 g/mol. The number of aryl methyl sites for hydroxylation is 1. The molecule has 0 saturated carbocycles. The van der Waals surface area contributed by atoms with Gasteiger partial charge in [0.15, 0.2) is 0 Å². The fourth-order valence-electron chi connectivity index (χ4n) is 4.67. The lowest BCUT2D eigenvalue weighted by Gasteiger charge is -2.08. The number of hydrogen-bond acceptors (Lipinski definition) is 8. The first-order valence-electron chi connectivity index (χ1n) is 13.4. The summed E-state index contributed by atoms with van der Waals surface area (Å²) in [6.45, 7) is 4.52. The molecule has 0 saturated heterocycles. The maximum atomic E-state index is 13.5. The van der Waals surface area contributed by atoms with E-state index >= 15 is 0 Å². The molecule has 9 nitrogen and oxygen atoms in total. The maximum Gasteiger partial charge on any atom is 0.296 e. The van der Waals surface area contributed by atoms with Crippen molar-refractivity contribution in [2.24, 2.45) is 0 Å². The molecule has 3 heterocycles. The minimum absolute atomic E-state index is 0.196. The number of para-hydroxylation sites is 1. The Morgan fingerprint density at radius 1 is 0.976 bits per heavy atom. The molecule has 10 heteroatoms. The highest BCUT2D eigenvalue weighted by atomic mass is 32.1. The number of thiazole rings is 1. The van der Waals surface area contributed by atoms with Crippen molar-refractivity contribution in [1.29, 1.82) is 0 Å². The van der Waals surface area contributed by atoms with Crippen molar-refractivity contribution in [1.82, 2.24) is 24.4 Å². The summed E-state index contributed by atoms with van der Waals surface area (Å²) < 4.78 is 14.3. The fraction of sp³-hybridized carbons (Fsp3) is 0.156. The summed E-state index contributed by atoms with van der Waals surface area (Å²) in [6.07, 6.45) is 3.92. The Labute approximate surface area is 244 Å². The molecule has 6 aromatic rings. The SMILES string of the molecule is CCOc1ccc(-c2nn(-c3ccccc3)cc2/C=c2\sc3nc(=O)c(Cc4ccc(OC)cc4)nn3c2=O)cc1C. The van der Waals surface area contributed by atoms with Crippen molar-refractivity contribution in [2.75, 3.05) is 13.7 Å². The number of benzene rings is 3. The second-order valence-electron chi connectivity index (χ2n) is 9.63. The lowest BCUT2D eigenvalue weighted by molar-refractivity contribution is 0.338. The number of methoxy groups -OCH3 is 1. The number of hydrogen-bond donors (Lipinski definition) is 0. The van der Waals surface area contributed by atoms with Crippen molar-refractivity contribution in [2.45, 2.75) is 20.3 Å². The molecule has 0 aliphatic heterocycles. The molecule has 0 unspecified atom stereocenters. The van der Waals surface area contributed by atoms with E-state index in [1.54, 1.807) is 17.9 Å². The predicted molar refractivity (Wildman–Crippen MR) is 163 cm³/mol. The molecule has 6 rings (SSSR count). The fourth-order valence-corrected chi connectivity index (χ4v) is 5.57. The van der Waals surface area contributed by atoms with Crippen LogP contribution in [0.2, 0.25) is 0 Å². The Morgan fingerprint density at radius 2 is 1.76 bits per heavy atom. The molecule has 0 radical (unpaired) electrons. The van der Waals surface area contributed by atoms with E-state index < -0.39 is 5.56 Å². The molecule has 0 aliphatic rings. The van der Waals surface area contributed by atoms with E-state index in [2.05, 4.69) is 10.1 Å². The monoisotopic (exact) mass is 577 g/mol. The first-order chi connectivity index (χ1) is 20.4. The van der Waals surface area contributed by atoms with Crippen LogP contribution in [0.5, 0.6) is 11.5 Å². The zero-order valence-corrected chi connectivity index (χ0v) is 24.1. The molecule has 3 aromatic carbocycles. The summed E-state index contributed by atoms with van der Waals surface area (Å²) in [7, 11) is 1.59. The number of ether oxygens (including phenoxy) is 2. The predicted octanol–water partition coefficient (Wildman–Crippen LogP) is 4.22. The molecule has 0 spiro atoms. The van der Waals surface area contributed by atoms with Crippen LogP contribution in [0.4, 0.5) is 0 Å². The summed E-state index contributed by atoms with van der Waals surface area (Å²) in [4.78, 5) is 30.7. The molecule has 0 fully saturated rings. The van der Waals surface area contributed by atoms with Gasteiger partial charge < -0.3 is 9.47 Å². The van der Waals surface area contributed by atoms with Crippen molar-refractivity contribution in [3.05, 3.63) is 127 Å². The molecule has 3 aromatic heterocycles. The van der Waals surface area contributed by atoms with Gasteiger partial charge in [0.25, 0.3) is 11.1 Å². The Balaban J connectivity index is 1.45. The first kappa shape index (κ1) is 27.1. The quantitative estimate of drug-likeness (QED) is 0.267. The Bertz CT molecular complexity index is 2070. The third-order valence-corrected chi connectivity index (χ3v) is 7.74. The van der Waals surface area contributed by atoms with Gasteiger partial charge in [-0.05, 0) is 73.5 Å². The molecular formula is C32H27N5O4S. The second-order valence-corrected chi connectivity index (χ2v) is 10.6. The van der Waals surface area contributed by atoms with E-state index in [0.29, 0.717) is 22.6 Å². The van der Waals surface area contributed by atoms with Crippen LogP contribution in [0, 0.1) is 6.92 Å². The van der Waals surface area contributed by atoms with Gasteiger partial charge in [-0.15, -0.1) is 0 Å². The van der Waals surface area contributed by atoms with Crippen LogP contribution < -0.4 is 25.1 Å². The van der Waals surface area contributed by atoms with Crippen LogP contribution in [0.1, 0.15) is 29.3 Å². The maximum absolute atomic E-state index is 13.5. The standard InChI is InChI=1S/C32H27N5O4S/c1-4-41-27-15-12-22(16-20(27)2)29-23(19-36(35-29)24-8-6-5-7-9-24)18-28-31(39)37-32(42-28)33-30(38)26(34-37)17-21-10-13-25(40-3)14-11-21/h5-16,18-19H,4,17H2,1-3H3/b28-18-. The van der Waals surface area contributed by atoms with Gasteiger partial charge in [-0.25, -0.2) is 4.68 Å². The van der Waals surface area contributed by atoms with Crippen LogP contribution in [0.15, 0.2) is 88.6 Å². The topological polar surface area (TPSA) is 101 Å². The normalized spacial score (nSPS) is 11.7. The van der Waals surface area contributed by atoms with Gasteiger partial charge in [0.2, 0.25) is 4.96 Å². The van der Waals surface area contributed by atoms with Crippen LogP contribution in [-0.2, 0) is 6.42 Å². The highest BCUT2D eigenvalue weighted by Gasteiger charge is 2.16. The average molecular weight is 578 g/mol. The van der Waals surface area contributed by atoms with Gasteiger partial charge in [0, 0.05) is 23.7 Å². The summed E-state index contributed by atoms with van der Waals surface area (Å²) in [6, 6.07) is 23.0. The van der Waals surface area contributed by atoms with Gasteiger partial charge in [-0.3, -0.25) is 9.59 Å². The molecule has 0 atom stereocenters. The van der Waals surface area contributed by atoms with Gasteiger partial charge in [-0.1, -0.05) is 41.7 Å². The third-order valence-electron chi connectivity index (χ3n) is 6.78. The first-order valence-corrected chi connectivity index (χ1v) is 14.2. The van der Waals surface area contributed by atoms with Gasteiger partial charge >= 0.3 is 0 Å². The Kier molecular flexibility index (Phi) is 7.37. The molecule has 0 bridgehead atoms. The van der Waals surface area contributed by atoms with Crippen molar-refractivity contribution < 1.29 is 9.47 Å². The number of nitrogens with zero attached hydrogens (tertiary/aromatic N) is 5. The van der Waals surface area contributed by atoms with E-state index in [1.165, 1.54) is 4.52 Å². The van der Waals surface area contributed by atoms with Crippen LogP contribution >= 0.6 is 11.3 Å². The largest absolute Gasteiger partial charge is 0.497 e. The molecule has 0 amide bonds. The molecule has 210 valence electrons. The average Bonchev–Trinajstić information content (AvgIpc) is 3.56. The molecule has 0 N–H and O–H groups in total. The lowest BCUT2D eigenvalue weighted by Crippen LogP contribution is -2.28. The highest BCUT2D eigenvalue weighted by Crippen LogP contribution is 2.29. The van der Waals surface area contributed by atoms with E-state index in [-0.39, 0.29) is 22.6 Å². The van der Waals surface area contributed by atoms with E-state index in [0.717, 1.165) is 45.0 Å². The highest BCUT2D eigenvalue weighted by molar-refractivity contribution is 7.15. The van der Waals surface area contributed by atoms with E-state index in [4.69, 9.17) is 14.6 Å². The third kappa shape index (κ3) is 5.31. The smallest absolute Gasteiger partial charge is 0.296 e. The molecule has 0 aliphatic carbocycles. The summed E-state index contributed by atoms with van der Waals surface area (Å²) in [5, 5.41) is 9.28. The van der Waals surface area contributed by atoms with Gasteiger partial charge in [0.1, 0.15) is 22.9 Å². The van der Waals surface area contributed by atoms with Crippen LogP contribution in [0.25, 0.3) is 28.0 Å². The Hall–Kier alpha value is -5.09. The van der Waals surface area contributed by atoms with Gasteiger partial charge in [0.05, 0.1) is 23.9 Å². The minimum atomic E-state index is -0.457. The molecule has 42 heavy (non-hydrogen) atoms. The van der Waals surface area contributed by atoms with E-state index in [9.17, 15) is 9.59 Å².